The van der Waals surface area contributed by atoms with Gasteiger partial charge < -0.3 is 20.6 Å². The largest absolute Gasteiger partial charge is 0.475 e. The average molecular weight is 288 g/mol. The minimum absolute atomic E-state index is 0.0890. The van der Waals surface area contributed by atoms with Crippen molar-refractivity contribution in [3.63, 3.8) is 0 Å². The van der Waals surface area contributed by atoms with Gasteiger partial charge in [0.25, 0.3) is 0 Å². The molecule has 0 radical (unpaired) electrons. The maximum absolute atomic E-state index is 11.9. The smallest absolute Gasteiger partial charge is 0.371 e. The number of aromatic carboxylic acids is 1. The molecule has 1 aromatic carbocycles. The lowest BCUT2D eigenvalue weighted by Crippen LogP contribution is -2.33. The molecule has 6 heteroatoms. The van der Waals surface area contributed by atoms with Gasteiger partial charge in [0.2, 0.25) is 11.7 Å². The number of carboxylic acids is 1. The summed E-state index contributed by atoms with van der Waals surface area (Å²) in [6, 6.07) is 9.43. The van der Waals surface area contributed by atoms with Gasteiger partial charge in [0, 0.05) is 0 Å². The van der Waals surface area contributed by atoms with Gasteiger partial charge in [-0.1, -0.05) is 29.8 Å². The summed E-state index contributed by atoms with van der Waals surface area (Å²) in [5.41, 5.74) is 7.67. The molecule has 2 aromatic rings. The Bertz CT molecular complexity index is 646. The molecule has 21 heavy (non-hydrogen) atoms. The highest BCUT2D eigenvalue weighted by atomic mass is 16.4. The van der Waals surface area contributed by atoms with Crippen LogP contribution in [-0.2, 0) is 11.3 Å². The van der Waals surface area contributed by atoms with Crippen molar-refractivity contribution in [3.8, 4) is 0 Å². The van der Waals surface area contributed by atoms with Crippen molar-refractivity contribution in [2.24, 2.45) is 5.73 Å². The molecule has 0 saturated heterocycles. The second-order valence-electron chi connectivity index (χ2n) is 4.68. The van der Waals surface area contributed by atoms with Crippen LogP contribution >= 0.6 is 0 Å². The molecule has 6 nitrogen and oxygen atoms in total. The number of carboxylic acid groups (broad SMARTS) is 1. The molecule has 0 aliphatic carbocycles. The van der Waals surface area contributed by atoms with Gasteiger partial charge in [-0.15, -0.1) is 0 Å². The first-order chi connectivity index (χ1) is 9.97. The molecule has 0 aliphatic heterocycles. The van der Waals surface area contributed by atoms with E-state index in [2.05, 4.69) is 5.32 Å². The number of hydrogen-bond donors (Lipinski definition) is 3. The number of aryl methyl sites for hydroxylation is 1. The normalized spacial score (nSPS) is 11.9. The molecule has 0 fully saturated rings. The van der Waals surface area contributed by atoms with E-state index in [1.54, 1.807) is 12.1 Å². The third-order valence-electron chi connectivity index (χ3n) is 3.03. The summed E-state index contributed by atoms with van der Waals surface area (Å²) >= 11 is 0. The van der Waals surface area contributed by atoms with Gasteiger partial charge in [-0.2, -0.15) is 0 Å². The number of amides is 1. The predicted octanol–water partition coefficient (Wildman–Crippen LogP) is 1.60. The maximum atomic E-state index is 11.9. The molecular weight excluding hydrogens is 272 g/mol. The number of nitrogens with two attached hydrogens (primary N) is 1. The van der Waals surface area contributed by atoms with Crippen LogP contribution in [0.3, 0.4) is 0 Å². The van der Waals surface area contributed by atoms with Gasteiger partial charge >= 0.3 is 5.97 Å². The van der Waals surface area contributed by atoms with E-state index in [-0.39, 0.29) is 18.2 Å². The summed E-state index contributed by atoms with van der Waals surface area (Å²) in [6.45, 7) is 2.04. The number of hydrogen-bond acceptors (Lipinski definition) is 4. The molecule has 1 amide bonds. The van der Waals surface area contributed by atoms with Crippen molar-refractivity contribution in [1.29, 1.82) is 0 Å². The van der Waals surface area contributed by atoms with Crippen LogP contribution in [0.5, 0.6) is 0 Å². The van der Waals surface area contributed by atoms with Crippen LogP contribution in [0, 0.1) is 6.92 Å². The second-order valence-corrected chi connectivity index (χ2v) is 4.68. The molecule has 4 N–H and O–H groups in total. The van der Waals surface area contributed by atoms with Crippen molar-refractivity contribution >= 4 is 11.9 Å². The van der Waals surface area contributed by atoms with Crippen molar-refractivity contribution in [2.75, 3.05) is 0 Å². The van der Waals surface area contributed by atoms with Crippen LogP contribution in [0.15, 0.2) is 40.8 Å². The lowest BCUT2D eigenvalue weighted by atomic mass is 10.1. The SMILES string of the molecule is Cc1ccc(C(N)C(=O)NCc2ccc(C(=O)O)o2)cc1. The Morgan fingerprint density at radius 2 is 1.90 bits per heavy atom. The summed E-state index contributed by atoms with van der Waals surface area (Å²) in [6.07, 6.45) is 0. The van der Waals surface area contributed by atoms with Gasteiger partial charge in [0.05, 0.1) is 6.54 Å². The van der Waals surface area contributed by atoms with Crippen LogP contribution in [0.25, 0.3) is 0 Å². The monoisotopic (exact) mass is 288 g/mol. The van der Waals surface area contributed by atoms with Gasteiger partial charge in [-0.05, 0) is 24.6 Å². The summed E-state index contributed by atoms with van der Waals surface area (Å²) in [5, 5.41) is 11.3. The zero-order valence-electron chi connectivity index (χ0n) is 11.5. The van der Waals surface area contributed by atoms with E-state index in [0.29, 0.717) is 11.3 Å². The molecule has 110 valence electrons. The predicted molar refractivity (Wildman–Crippen MR) is 75.6 cm³/mol. The average Bonchev–Trinajstić information content (AvgIpc) is 2.94. The quantitative estimate of drug-likeness (QED) is 0.775. The minimum Gasteiger partial charge on any atom is -0.475 e. The van der Waals surface area contributed by atoms with E-state index in [1.165, 1.54) is 12.1 Å². The van der Waals surface area contributed by atoms with E-state index < -0.39 is 12.0 Å². The Morgan fingerprint density at radius 3 is 2.48 bits per heavy atom. The van der Waals surface area contributed by atoms with E-state index in [4.69, 9.17) is 15.3 Å². The van der Waals surface area contributed by atoms with Crippen molar-refractivity contribution in [1.82, 2.24) is 5.32 Å². The zero-order valence-corrected chi connectivity index (χ0v) is 11.5. The van der Waals surface area contributed by atoms with Crippen LogP contribution < -0.4 is 11.1 Å². The zero-order chi connectivity index (χ0) is 15.4. The molecule has 1 atom stereocenters. The Hall–Kier alpha value is -2.60. The van der Waals surface area contributed by atoms with Crippen molar-refractivity contribution in [2.45, 2.75) is 19.5 Å². The second kappa shape index (κ2) is 6.23. The summed E-state index contributed by atoms with van der Waals surface area (Å²) in [4.78, 5) is 22.6. The molecular formula is C15H16N2O4. The number of carbonyl (C=O) groups is 2. The van der Waals surface area contributed by atoms with Gasteiger partial charge in [0.15, 0.2) is 0 Å². The topological polar surface area (TPSA) is 106 Å². The molecule has 0 spiro atoms. The first kappa shape index (κ1) is 14.8. The van der Waals surface area contributed by atoms with Crippen LogP contribution in [0.4, 0.5) is 0 Å². The van der Waals surface area contributed by atoms with E-state index in [0.717, 1.165) is 5.56 Å². The highest BCUT2D eigenvalue weighted by Crippen LogP contribution is 2.12. The molecule has 0 bridgehead atoms. The van der Waals surface area contributed by atoms with Crippen molar-refractivity contribution in [3.05, 3.63) is 59.0 Å². The molecule has 1 unspecified atom stereocenters. The Morgan fingerprint density at radius 1 is 1.24 bits per heavy atom. The number of furan rings is 1. The summed E-state index contributed by atoms with van der Waals surface area (Å²) in [7, 11) is 0. The number of nitrogens with one attached hydrogen (secondary N) is 1. The molecule has 0 aliphatic rings. The van der Waals surface area contributed by atoms with Gasteiger partial charge in [-0.25, -0.2) is 4.79 Å². The summed E-state index contributed by atoms with van der Waals surface area (Å²) < 4.78 is 5.04. The van der Waals surface area contributed by atoms with Crippen LogP contribution in [-0.4, -0.2) is 17.0 Å². The lowest BCUT2D eigenvalue weighted by molar-refractivity contribution is -0.122. The van der Waals surface area contributed by atoms with Crippen LogP contribution in [0.2, 0.25) is 0 Å². The number of rotatable bonds is 5. The molecule has 2 rings (SSSR count). The van der Waals surface area contributed by atoms with E-state index in [9.17, 15) is 9.59 Å². The summed E-state index contributed by atoms with van der Waals surface area (Å²) in [5.74, 6) is -1.31. The van der Waals surface area contributed by atoms with Gasteiger partial charge in [-0.3, -0.25) is 4.79 Å². The standard InChI is InChI=1S/C15H16N2O4/c1-9-2-4-10(5-3-9)13(16)14(18)17-8-11-6-7-12(21-11)15(19)20/h2-7,13H,8,16H2,1H3,(H,17,18)(H,19,20). The van der Waals surface area contributed by atoms with Gasteiger partial charge in [0.1, 0.15) is 11.8 Å². The Balaban J connectivity index is 1.94. The van der Waals surface area contributed by atoms with Crippen LogP contribution in [0.1, 0.15) is 33.5 Å². The van der Waals surface area contributed by atoms with Crippen molar-refractivity contribution < 1.29 is 19.1 Å². The lowest BCUT2D eigenvalue weighted by Gasteiger charge is -2.12. The Kier molecular flexibility index (Phi) is 4.39. The maximum Gasteiger partial charge on any atom is 0.371 e. The highest BCUT2D eigenvalue weighted by Gasteiger charge is 2.16. The molecule has 0 saturated carbocycles. The number of benzene rings is 1. The first-order valence-corrected chi connectivity index (χ1v) is 6.39. The minimum atomic E-state index is -1.15. The number of carbonyl (C=O) groups excluding carboxylic acids is 1. The third-order valence-corrected chi connectivity index (χ3v) is 3.03. The Labute approximate surface area is 121 Å². The van der Waals surface area contributed by atoms with E-state index in [1.807, 2.05) is 19.1 Å². The molecule has 1 aromatic heterocycles. The fourth-order valence-corrected chi connectivity index (χ4v) is 1.80. The fraction of sp³-hybridized carbons (Fsp3) is 0.200. The first-order valence-electron chi connectivity index (χ1n) is 6.39. The molecule has 1 heterocycles. The fourth-order valence-electron chi connectivity index (χ4n) is 1.80. The third kappa shape index (κ3) is 3.70. The van der Waals surface area contributed by atoms with E-state index >= 15 is 0 Å². The highest BCUT2D eigenvalue weighted by molar-refractivity contribution is 5.84.